The monoisotopic (exact) mass is 320 g/mol. The Labute approximate surface area is 122 Å². The number of carbonyl (C=O) groups is 1. The zero-order valence-electron chi connectivity index (χ0n) is 11.7. The third-order valence-corrected chi connectivity index (χ3v) is 4.16. The number of hydrogen-bond acceptors (Lipinski definition) is 4. The van der Waals surface area contributed by atoms with E-state index in [1.807, 2.05) is 20.8 Å². The minimum absolute atomic E-state index is 0.00627. The van der Waals surface area contributed by atoms with Gasteiger partial charge in [0, 0.05) is 16.2 Å². The molecule has 0 radical (unpaired) electrons. The van der Waals surface area contributed by atoms with E-state index in [-0.39, 0.29) is 4.90 Å². The van der Waals surface area contributed by atoms with Gasteiger partial charge in [0.2, 0.25) is 0 Å². The first kappa shape index (κ1) is 16.8. The van der Waals surface area contributed by atoms with Crippen molar-refractivity contribution >= 4 is 25.7 Å². The van der Waals surface area contributed by atoms with Crippen LogP contribution in [0, 0.1) is 6.92 Å². The van der Waals surface area contributed by atoms with Gasteiger partial charge in [0.25, 0.3) is 9.05 Å². The van der Waals surface area contributed by atoms with Crippen LogP contribution in [-0.4, -0.2) is 26.1 Å². The molecule has 1 aromatic rings. The maximum absolute atomic E-state index is 11.5. The normalized spacial score (nSPS) is 12.2. The summed E-state index contributed by atoms with van der Waals surface area (Å²) in [5.74, 6) is -0.752. The molecule has 0 spiro atoms. The smallest absolute Gasteiger partial charge is 0.341 e. The molecule has 5 nitrogen and oxygen atoms in total. The second kappa shape index (κ2) is 5.61. The molecule has 0 heterocycles. The highest BCUT2D eigenvalue weighted by Crippen LogP contribution is 2.36. The van der Waals surface area contributed by atoms with E-state index >= 15 is 0 Å². The summed E-state index contributed by atoms with van der Waals surface area (Å²) < 4.78 is 28.3. The molecule has 0 saturated carbocycles. The van der Waals surface area contributed by atoms with Crippen molar-refractivity contribution < 1.29 is 23.1 Å². The lowest BCUT2D eigenvalue weighted by Gasteiger charge is -2.24. The zero-order valence-corrected chi connectivity index (χ0v) is 13.3. The van der Waals surface area contributed by atoms with Crippen molar-refractivity contribution in [3.8, 4) is 5.75 Å². The molecule has 20 heavy (non-hydrogen) atoms. The summed E-state index contributed by atoms with van der Waals surface area (Å²) in [6.07, 6.45) is 0. The molecule has 0 aromatic heterocycles. The Morgan fingerprint density at radius 1 is 1.35 bits per heavy atom. The van der Waals surface area contributed by atoms with Gasteiger partial charge >= 0.3 is 5.97 Å². The summed E-state index contributed by atoms with van der Waals surface area (Å²) in [7, 11) is 1.54. The fraction of sp³-hybridized carbons (Fsp3) is 0.462. The molecule has 7 heteroatoms. The Morgan fingerprint density at radius 3 is 2.30 bits per heavy atom. The molecule has 112 valence electrons. The van der Waals surface area contributed by atoms with Crippen molar-refractivity contribution in [3.05, 3.63) is 23.3 Å². The van der Waals surface area contributed by atoms with Gasteiger partial charge in [-0.05, 0) is 30.0 Å². The SMILES string of the molecule is Cc1cc(OCC(=O)O)c(C(C)(C)C)cc1S(=O)(=O)Cl. The van der Waals surface area contributed by atoms with E-state index in [2.05, 4.69) is 0 Å². The molecular weight excluding hydrogens is 304 g/mol. The average molecular weight is 321 g/mol. The van der Waals surface area contributed by atoms with Gasteiger partial charge in [0.1, 0.15) is 5.75 Å². The van der Waals surface area contributed by atoms with Crippen LogP contribution < -0.4 is 4.74 Å². The number of carboxylic acid groups (broad SMARTS) is 1. The van der Waals surface area contributed by atoms with E-state index < -0.39 is 27.0 Å². The molecule has 0 amide bonds. The number of halogens is 1. The fourth-order valence-corrected chi connectivity index (χ4v) is 2.97. The number of benzene rings is 1. The molecule has 0 fully saturated rings. The van der Waals surface area contributed by atoms with Crippen LogP contribution in [0.1, 0.15) is 31.9 Å². The molecule has 0 aliphatic carbocycles. The molecule has 1 rings (SSSR count). The molecular formula is C13H17ClO5S. The number of aryl methyl sites for hydroxylation is 1. The summed E-state index contributed by atoms with van der Waals surface area (Å²) in [6, 6.07) is 2.94. The van der Waals surface area contributed by atoms with E-state index in [4.69, 9.17) is 20.5 Å². The highest BCUT2D eigenvalue weighted by Gasteiger charge is 2.24. The van der Waals surface area contributed by atoms with Gasteiger partial charge in [-0.2, -0.15) is 0 Å². The standard InChI is InChI=1S/C13H17ClO5S/c1-8-5-10(19-7-12(15)16)9(13(2,3)4)6-11(8)20(14,17)18/h5-6H,7H2,1-4H3,(H,15,16). The molecule has 0 aliphatic rings. The molecule has 1 aromatic carbocycles. The minimum atomic E-state index is -3.86. The third-order valence-electron chi connectivity index (χ3n) is 2.70. The van der Waals surface area contributed by atoms with Crippen molar-refractivity contribution in [1.82, 2.24) is 0 Å². The second-order valence-electron chi connectivity index (χ2n) is 5.48. The Balaban J connectivity index is 3.45. The van der Waals surface area contributed by atoms with Gasteiger partial charge in [-0.25, -0.2) is 13.2 Å². The van der Waals surface area contributed by atoms with Crippen LogP contribution in [0.4, 0.5) is 0 Å². The first-order valence-electron chi connectivity index (χ1n) is 5.87. The maximum Gasteiger partial charge on any atom is 0.341 e. The van der Waals surface area contributed by atoms with Crippen LogP contribution in [0.25, 0.3) is 0 Å². The van der Waals surface area contributed by atoms with Gasteiger partial charge in [-0.15, -0.1) is 0 Å². The minimum Gasteiger partial charge on any atom is -0.482 e. The number of aliphatic carboxylic acids is 1. The van der Waals surface area contributed by atoms with Crippen molar-refractivity contribution in [2.24, 2.45) is 0 Å². The first-order valence-corrected chi connectivity index (χ1v) is 8.18. The quantitative estimate of drug-likeness (QED) is 0.863. The topological polar surface area (TPSA) is 80.7 Å². The Hall–Kier alpha value is -1.27. The molecule has 0 unspecified atom stereocenters. The van der Waals surface area contributed by atoms with Gasteiger partial charge in [-0.3, -0.25) is 0 Å². The lowest BCUT2D eigenvalue weighted by atomic mass is 9.86. The number of ether oxygens (including phenoxy) is 1. The average Bonchev–Trinajstić information content (AvgIpc) is 2.22. The van der Waals surface area contributed by atoms with Gasteiger partial charge in [-0.1, -0.05) is 20.8 Å². The molecule has 0 atom stereocenters. The molecule has 0 saturated heterocycles. The Bertz CT molecular complexity index is 629. The van der Waals surface area contributed by atoms with E-state index in [0.717, 1.165) is 0 Å². The van der Waals surface area contributed by atoms with Crippen molar-refractivity contribution in [2.45, 2.75) is 38.0 Å². The highest BCUT2D eigenvalue weighted by atomic mass is 35.7. The van der Waals surface area contributed by atoms with E-state index in [1.54, 1.807) is 6.92 Å². The maximum atomic E-state index is 11.5. The largest absolute Gasteiger partial charge is 0.482 e. The summed E-state index contributed by atoms with van der Waals surface area (Å²) in [4.78, 5) is 10.6. The zero-order chi connectivity index (χ0) is 15.7. The van der Waals surface area contributed by atoms with Crippen LogP contribution in [0.5, 0.6) is 5.75 Å². The molecule has 1 N–H and O–H groups in total. The number of carboxylic acids is 1. The van der Waals surface area contributed by atoms with Crippen molar-refractivity contribution in [3.63, 3.8) is 0 Å². The van der Waals surface area contributed by atoms with Crippen molar-refractivity contribution in [2.75, 3.05) is 6.61 Å². The summed E-state index contributed by atoms with van der Waals surface area (Å²) in [5, 5.41) is 8.68. The predicted molar refractivity (Wildman–Crippen MR) is 76.0 cm³/mol. The van der Waals surface area contributed by atoms with Crippen LogP contribution in [-0.2, 0) is 19.3 Å². The molecule has 0 aliphatic heterocycles. The van der Waals surface area contributed by atoms with Crippen LogP contribution in [0.15, 0.2) is 17.0 Å². The van der Waals surface area contributed by atoms with Gasteiger partial charge in [0.15, 0.2) is 6.61 Å². The Morgan fingerprint density at radius 2 is 1.90 bits per heavy atom. The van der Waals surface area contributed by atoms with E-state index in [1.165, 1.54) is 12.1 Å². The Kier molecular flexibility index (Phi) is 4.71. The van der Waals surface area contributed by atoms with Crippen LogP contribution in [0.3, 0.4) is 0 Å². The number of hydrogen-bond donors (Lipinski definition) is 1. The summed E-state index contributed by atoms with van der Waals surface area (Å²) in [5.41, 5.74) is 0.578. The van der Waals surface area contributed by atoms with Crippen LogP contribution >= 0.6 is 10.7 Å². The van der Waals surface area contributed by atoms with Gasteiger partial charge in [0.05, 0.1) is 4.90 Å². The van der Waals surface area contributed by atoms with E-state index in [9.17, 15) is 13.2 Å². The molecule has 0 bridgehead atoms. The van der Waals surface area contributed by atoms with Crippen LogP contribution in [0.2, 0.25) is 0 Å². The van der Waals surface area contributed by atoms with Crippen molar-refractivity contribution in [1.29, 1.82) is 0 Å². The van der Waals surface area contributed by atoms with E-state index in [0.29, 0.717) is 16.9 Å². The fourth-order valence-electron chi connectivity index (χ4n) is 1.77. The highest BCUT2D eigenvalue weighted by molar-refractivity contribution is 8.13. The predicted octanol–water partition coefficient (Wildman–Crippen LogP) is 2.68. The summed E-state index contributed by atoms with van der Waals surface area (Å²) >= 11 is 0. The summed E-state index contributed by atoms with van der Waals surface area (Å²) in [6.45, 7) is 6.70. The lowest BCUT2D eigenvalue weighted by molar-refractivity contribution is -0.139. The van der Waals surface area contributed by atoms with Gasteiger partial charge < -0.3 is 9.84 Å². The third kappa shape index (κ3) is 4.11. The second-order valence-corrected chi connectivity index (χ2v) is 8.02. The lowest BCUT2D eigenvalue weighted by Crippen LogP contribution is -2.17. The first-order chi connectivity index (χ1) is 8.93. The number of rotatable bonds is 4.